The number of hydrogen-bond donors (Lipinski definition) is 0. The lowest BCUT2D eigenvalue weighted by atomic mass is 9.95. The van der Waals surface area contributed by atoms with Crippen LogP contribution in [0.1, 0.15) is 0 Å². The van der Waals surface area contributed by atoms with Gasteiger partial charge in [-0.25, -0.2) is 19.9 Å². The molecule has 3 heterocycles. The van der Waals surface area contributed by atoms with Crippen LogP contribution < -0.4 is 0 Å². The number of pyridine rings is 1. The first-order chi connectivity index (χ1) is 22.3. The fraction of sp³-hybridized carbons (Fsp3) is 0. The van der Waals surface area contributed by atoms with Gasteiger partial charge >= 0.3 is 0 Å². The van der Waals surface area contributed by atoms with Crippen LogP contribution in [0, 0.1) is 0 Å². The van der Waals surface area contributed by atoms with E-state index in [1.165, 1.54) is 5.39 Å². The van der Waals surface area contributed by atoms with Crippen molar-refractivity contribution in [1.82, 2.24) is 19.9 Å². The van der Waals surface area contributed by atoms with Gasteiger partial charge in [0, 0.05) is 28.3 Å². The lowest BCUT2D eigenvalue weighted by Gasteiger charge is -2.12. The maximum atomic E-state index is 6.28. The van der Waals surface area contributed by atoms with Crippen molar-refractivity contribution in [3.63, 3.8) is 0 Å². The molecule has 0 amide bonds. The molecule has 9 rings (SSSR count). The Morgan fingerprint density at radius 2 is 1.04 bits per heavy atom. The molecule has 5 heteroatoms. The molecule has 6 aromatic carbocycles. The van der Waals surface area contributed by atoms with Crippen LogP contribution in [0.15, 0.2) is 150 Å². The van der Waals surface area contributed by atoms with Gasteiger partial charge in [-0.05, 0) is 63.0 Å². The van der Waals surface area contributed by atoms with Crippen molar-refractivity contribution in [2.24, 2.45) is 0 Å². The van der Waals surface area contributed by atoms with E-state index in [4.69, 9.17) is 19.4 Å². The van der Waals surface area contributed by atoms with E-state index in [0.29, 0.717) is 23.2 Å². The molecule has 3 aromatic heterocycles. The molecule has 0 saturated carbocycles. The second-order valence-corrected chi connectivity index (χ2v) is 11.1. The first-order valence-corrected chi connectivity index (χ1v) is 14.9. The second-order valence-electron chi connectivity index (χ2n) is 11.1. The molecule has 45 heavy (non-hydrogen) atoms. The lowest BCUT2D eigenvalue weighted by Crippen LogP contribution is -2.01. The van der Waals surface area contributed by atoms with Crippen LogP contribution in [0.3, 0.4) is 0 Å². The molecule has 0 aliphatic carbocycles. The van der Waals surface area contributed by atoms with E-state index in [9.17, 15) is 0 Å². The molecule has 9 aromatic rings. The Morgan fingerprint density at radius 3 is 1.82 bits per heavy atom. The minimum absolute atomic E-state index is 0.554. The summed E-state index contributed by atoms with van der Waals surface area (Å²) in [6.07, 6.45) is 1.76. The van der Waals surface area contributed by atoms with Crippen LogP contribution in [-0.4, -0.2) is 19.9 Å². The highest BCUT2D eigenvalue weighted by atomic mass is 16.3. The van der Waals surface area contributed by atoms with Gasteiger partial charge in [0.15, 0.2) is 17.5 Å². The first kappa shape index (κ1) is 25.3. The van der Waals surface area contributed by atoms with E-state index in [0.717, 1.165) is 60.3 Å². The highest BCUT2D eigenvalue weighted by molar-refractivity contribution is 6.14. The predicted octanol–water partition coefficient (Wildman–Crippen LogP) is 10.1. The standard InChI is InChI=1S/C40H24N4O/c1-3-11-25(12-4-1)33-23-30(21-29-17-9-10-18-31(29)33)38-42-37(26-13-5-2-6-14-26)43-39(44-38)32-19-20-41-40-36(32)34-22-27-15-7-8-16-28(27)24-35(34)45-40/h1-24H. The smallest absolute Gasteiger partial charge is 0.228 e. The summed E-state index contributed by atoms with van der Waals surface area (Å²) in [6, 6.07) is 47.8. The van der Waals surface area contributed by atoms with Crippen molar-refractivity contribution in [2.75, 3.05) is 0 Å². The molecule has 0 aliphatic rings. The van der Waals surface area contributed by atoms with Crippen LogP contribution in [0.25, 0.3) is 88.9 Å². The summed E-state index contributed by atoms with van der Waals surface area (Å²) >= 11 is 0. The predicted molar refractivity (Wildman–Crippen MR) is 182 cm³/mol. The maximum absolute atomic E-state index is 6.28. The Kier molecular flexibility index (Phi) is 5.74. The van der Waals surface area contributed by atoms with Crippen LogP contribution in [0.2, 0.25) is 0 Å². The summed E-state index contributed by atoms with van der Waals surface area (Å²) in [5.41, 5.74) is 6.29. The molecule has 0 N–H and O–H groups in total. The van der Waals surface area contributed by atoms with E-state index < -0.39 is 0 Å². The Hall–Kier alpha value is -6.20. The molecule has 0 aliphatic heterocycles. The molecule has 0 spiro atoms. The van der Waals surface area contributed by atoms with Crippen molar-refractivity contribution in [2.45, 2.75) is 0 Å². The molecule has 5 nitrogen and oxygen atoms in total. The SMILES string of the molecule is c1ccc(-c2nc(-c3cc(-c4ccccc4)c4ccccc4c3)nc(-c3ccnc4oc5cc6ccccc6cc5c34)n2)cc1. The topological polar surface area (TPSA) is 64.7 Å². The number of furan rings is 1. The zero-order valence-corrected chi connectivity index (χ0v) is 24.1. The van der Waals surface area contributed by atoms with Gasteiger partial charge in [-0.1, -0.05) is 109 Å². The van der Waals surface area contributed by atoms with Gasteiger partial charge in [-0.2, -0.15) is 0 Å². The number of hydrogen-bond acceptors (Lipinski definition) is 5. The Bertz CT molecular complexity index is 2540. The van der Waals surface area contributed by atoms with Crippen molar-refractivity contribution in [1.29, 1.82) is 0 Å². The van der Waals surface area contributed by atoms with Gasteiger partial charge in [0.2, 0.25) is 5.71 Å². The van der Waals surface area contributed by atoms with E-state index in [1.54, 1.807) is 6.20 Å². The zero-order valence-electron chi connectivity index (χ0n) is 24.1. The minimum Gasteiger partial charge on any atom is -0.438 e. The monoisotopic (exact) mass is 576 g/mol. The first-order valence-electron chi connectivity index (χ1n) is 14.9. The maximum Gasteiger partial charge on any atom is 0.228 e. The van der Waals surface area contributed by atoms with Crippen molar-refractivity contribution in [3.8, 4) is 45.3 Å². The molecule has 0 fully saturated rings. The number of rotatable bonds is 4. The quantitative estimate of drug-likeness (QED) is 0.209. The number of fused-ring (bicyclic) bond motifs is 5. The van der Waals surface area contributed by atoms with Gasteiger partial charge in [-0.3, -0.25) is 0 Å². The average Bonchev–Trinajstić information content (AvgIpc) is 3.48. The van der Waals surface area contributed by atoms with E-state index in [1.807, 2.05) is 54.6 Å². The van der Waals surface area contributed by atoms with E-state index in [2.05, 4.69) is 89.9 Å². The number of aromatic nitrogens is 4. The molecular weight excluding hydrogens is 552 g/mol. The van der Waals surface area contributed by atoms with Gasteiger partial charge in [0.05, 0.1) is 5.39 Å². The van der Waals surface area contributed by atoms with E-state index >= 15 is 0 Å². The summed E-state index contributed by atoms with van der Waals surface area (Å²) in [5, 5.41) is 6.41. The van der Waals surface area contributed by atoms with Gasteiger partial charge in [-0.15, -0.1) is 0 Å². The van der Waals surface area contributed by atoms with Crippen LogP contribution in [0.4, 0.5) is 0 Å². The summed E-state index contributed by atoms with van der Waals surface area (Å²) < 4.78 is 6.28. The van der Waals surface area contributed by atoms with Crippen molar-refractivity contribution >= 4 is 43.6 Å². The van der Waals surface area contributed by atoms with Crippen LogP contribution >= 0.6 is 0 Å². The van der Waals surface area contributed by atoms with Crippen molar-refractivity contribution < 1.29 is 4.42 Å². The normalized spacial score (nSPS) is 11.6. The molecular formula is C40H24N4O. The highest BCUT2D eigenvalue weighted by Gasteiger charge is 2.19. The van der Waals surface area contributed by atoms with Gasteiger partial charge in [0.25, 0.3) is 0 Å². The number of nitrogens with zero attached hydrogens (tertiary/aromatic N) is 4. The van der Waals surface area contributed by atoms with Crippen molar-refractivity contribution in [3.05, 3.63) is 146 Å². The largest absolute Gasteiger partial charge is 0.438 e. The third-order valence-corrected chi connectivity index (χ3v) is 8.35. The molecule has 0 atom stereocenters. The highest BCUT2D eigenvalue weighted by Crippen LogP contribution is 2.38. The summed E-state index contributed by atoms with van der Waals surface area (Å²) in [7, 11) is 0. The Balaban J connectivity index is 1.32. The fourth-order valence-corrected chi connectivity index (χ4v) is 6.21. The summed E-state index contributed by atoms with van der Waals surface area (Å²) in [4.78, 5) is 19.8. The van der Waals surface area contributed by atoms with Crippen LogP contribution in [0.5, 0.6) is 0 Å². The third-order valence-electron chi connectivity index (χ3n) is 8.35. The number of benzene rings is 6. The van der Waals surface area contributed by atoms with Gasteiger partial charge in [0.1, 0.15) is 5.58 Å². The minimum atomic E-state index is 0.554. The molecule has 0 radical (unpaired) electrons. The molecule has 210 valence electrons. The fourth-order valence-electron chi connectivity index (χ4n) is 6.21. The lowest BCUT2D eigenvalue weighted by molar-refractivity contribution is 0.654. The third kappa shape index (κ3) is 4.33. The van der Waals surface area contributed by atoms with Gasteiger partial charge < -0.3 is 4.42 Å². The molecule has 0 unspecified atom stereocenters. The molecule has 0 bridgehead atoms. The summed E-state index contributed by atoms with van der Waals surface area (Å²) in [5.74, 6) is 1.77. The molecule has 0 saturated heterocycles. The average molecular weight is 577 g/mol. The van der Waals surface area contributed by atoms with Crippen LogP contribution in [-0.2, 0) is 0 Å². The summed E-state index contributed by atoms with van der Waals surface area (Å²) in [6.45, 7) is 0. The van der Waals surface area contributed by atoms with E-state index in [-0.39, 0.29) is 0 Å². The zero-order chi connectivity index (χ0) is 29.7. The Morgan fingerprint density at radius 1 is 0.422 bits per heavy atom. The second kappa shape index (κ2) is 10.2. The Labute approximate surface area is 258 Å².